The van der Waals surface area contributed by atoms with Gasteiger partial charge in [0, 0.05) is 32.7 Å². The molecule has 2 aromatic heterocycles. The van der Waals surface area contributed by atoms with Gasteiger partial charge in [-0.15, -0.1) is 11.6 Å². The van der Waals surface area contributed by atoms with E-state index in [4.69, 9.17) is 42.6 Å². The van der Waals surface area contributed by atoms with Crippen LogP contribution >= 0.6 is 23.2 Å². The van der Waals surface area contributed by atoms with Gasteiger partial charge in [-0.3, -0.25) is 0 Å². The summed E-state index contributed by atoms with van der Waals surface area (Å²) in [5, 5.41) is 1.42. The maximum absolute atomic E-state index is 6.67. The zero-order valence-corrected chi connectivity index (χ0v) is 19.6. The molecule has 34 heavy (non-hydrogen) atoms. The van der Waals surface area contributed by atoms with Crippen molar-refractivity contribution in [1.82, 2.24) is 15.0 Å². The van der Waals surface area contributed by atoms with Crippen LogP contribution in [0.1, 0.15) is 29.5 Å². The van der Waals surface area contributed by atoms with E-state index in [1.807, 2.05) is 84.9 Å². The van der Waals surface area contributed by atoms with E-state index >= 15 is 0 Å². The topological polar surface area (TPSA) is 51.8 Å². The standard InChI is InChI=1S/C28H19Cl2N3O/c29-19-14-15-22(30)25-21(16-19)24-20(12-7-13-23(24)34-25)28-32-26(17-8-3-1-4-9-17)31-27(33-28)18-10-5-2-6-11-18/h1-13,16,22H,14-15H2. The minimum Gasteiger partial charge on any atom is -0.459 e. The van der Waals surface area contributed by atoms with Gasteiger partial charge in [0.2, 0.25) is 0 Å². The maximum Gasteiger partial charge on any atom is 0.164 e. The molecule has 166 valence electrons. The van der Waals surface area contributed by atoms with E-state index < -0.39 is 0 Å². The SMILES string of the molecule is ClC1=Cc2c(oc3cccc(-c4nc(-c5ccccc5)nc(-c5ccccc5)n4)c23)C(Cl)CC1. The fourth-order valence-electron chi connectivity index (χ4n) is 4.31. The molecule has 0 saturated heterocycles. The molecule has 0 saturated carbocycles. The summed E-state index contributed by atoms with van der Waals surface area (Å²) in [7, 11) is 0. The van der Waals surface area contributed by atoms with Gasteiger partial charge >= 0.3 is 0 Å². The first kappa shape index (κ1) is 21.1. The van der Waals surface area contributed by atoms with Crippen molar-refractivity contribution >= 4 is 40.2 Å². The van der Waals surface area contributed by atoms with Crippen LogP contribution in [0.2, 0.25) is 0 Å². The van der Waals surface area contributed by atoms with Crippen molar-refractivity contribution in [2.75, 3.05) is 0 Å². The van der Waals surface area contributed by atoms with E-state index in [-0.39, 0.29) is 5.38 Å². The van der Waals surface area contributed by atoms with Crippen molar-refractivity contribution in [3.05, 3.63) is 95.2 Å². The Hall–Kier alpha value is -3.47. The zero-order chi connectivity index (χ0) is 23.1. The van der Waals surface area contributed by atoms with Crippen molar-refractivity contribution in [3.8, 4) is 34.2 Å². The van der Waals surface area contributed by atoms with E-state index in [0.717, 1.165) is 50.4 Å². The van der Waals surface area contributed by atoms with Gasteiger partial charge in [0.1, 0.15) is 11.3 Å². The first-order valence-electron chi connectivity index (χ1n) is 11.1. The van der Waals surface area contributed by atoms with E-state index in [1.54, 1.807) is 0 Å². The normalized spacial score (nSPS) is 15.6. The average molecular weight is 484 g/mol. The van der Waals surface area contributed by atoms with E-state index in [2.05, 4.69) is 0 Å². The number of allylic oxidation sites excluding steroid dienone is 1. The van der Waals surface area contributed by atoms with E-state index in [1.165, 1.54) is 0 Å². The number of hydrogen-bond acceptors (Lipinski definition) is 4. The van der Waals surface area contributed by atoms with Crippen LogP contribution in [-0.4, -0.2) is 15.0 Å². The van der Waals surface area contributed by atoms with Crippen molar-refractivity contribution in [3.63, 3.8) is 0 Å². The van der Waals surface area contributed by atoms with Crippen molar-refractivity contribution in [2.24, 2.45) is 0 Å². The van der Waals surface area contributed by atoms with Gasteiger partial charge in [0.05, 0.1) is 5.38 Å². The molecule has 0 N–H and O–H groups in total. The monoisotopic (exact) mass is 483 g/mol. The molecule has 0 amide bonds. The highest BCUT2D eigenvalue weighted by Gasteiger charge is 2.26. The van der Waals surface area contributed by atoms with Crippen molar-refractivity contribution in [1.29, 1.82) is 0 Å². The fraction of sp³-hybridized carbons (Fsp3) is 0.107. The molecule has 0 bridgehead atoms. The van der Waals surface area contributed by atoms with Gasteiger partial charge in [0.25, 0.3) is 0 Å². The molecule has 1 atom stereocenters. The van der Waals surface area contributed by atoms with Crippen LogP contribution in [-0.2, 0) is 0 Å². The molecule has 5 aromatic rings. The highest BCUT2D eigenvalue weighted by Crippen LogP contribution is 2.43. The molecule has 0 spiro atoms. The Morgan fingerprint density at radius 3 is 2.00 bits per heavy atom. The molecule has 1 aliphatic carbocycles. The van der Waals surface area contributed by atoms with Crippen LogP contribution in [0.15, 0.2) is 88.3 Å². The summed E-state index contributed by atoms with van der Waals surface area (Å²) in [6, 6.07) is 25.8. The number of aromatic nitrogens is 3. The lowest BCUT2D eigenvalue weighted by Crippen LogP contribution is -2.00. The molecule has 1 aliphatic rings. The zero-order valence-electron chi connectivity index (χ0n) is 18.1. The van der Waals surface area contributed by atoms with Gasteiger partial charge in [0.15, 0.2) is 17.5 Å². The second kappa shape index (κ2) is 8.71. The Morgan fingerprint density at radius 2 is 1.35 bits per heavy atom. The Labute approximate surface area is 206 Å². The fourth-order valence-corrected chi connectivity index (χ4v) is 4.80. The summed E-state index contributed by atoms with van der Waals surface area (Å²) in [5.74, 6) is 2.53. The first-order chi connectivity index (χ1) is 16.7. The van der Waals surface area contributed by atoms with Gasteiger partial charge in [-0.2, -0.15) is 0 Å². The second-order valence-electron chi connectivity index (χ2n) is 8.19. The summed E-state index contributed by atoms with van der Waals surface area (Å²) < 4.78 is 6.22. The van der Waals surface area contributed by atoms with Gasteiger partial charge in [-0.05, 0) is 25.0 Å². The Bertz CT molecular complexity index is 1470. The third kappa shape index (κ3) is 3.79. The predicted octanol–water partition coefficient (Wildman–Crippen LogP) is 8.27. The Morgan fingerprint density at radius 1 is 0.735 bits per heavy atom. The van der Waals surface area contributed by atoms with Crippen LogP contribution in [0.3, 0.4) is 0 Å². The maximum atomic E-state index is 6.67. The lowest BCUT2D eigenvalue weighted by molar-refractivity contribution is 0.532. The molecule has 0 radical (unpaired) electrons. The summed E-state index contributed by atoms with van der Waals surface area (Å²) in [6.45, 7) is 0. The number of halogens is 2. The summed E-state index contributed by atoms with van der Waals surface area (Å²) >= 11 is 13.2. The Balaban J connectivity index is 1.63. The van der Waals surface area contributed by atoms with Gasteiger partial charge in [-0.25, -0.2) is 15.0 Å². The van der Waals surface area contributed by atoms with E-state index in [9.17, 15) is 0 Å². The third-order valence-electron chi connectivity index (χ3n) is 5.94. The quantitative estimate of drug-likeness (QED) is 0.242. The van der Waals surface area contributed by atoms with Crippen molar-refractivity contribution in [2.45, 2.75) is 18.2 Å². The number of nitrogens with zero attached hydrogens (tertiary/aromatic N) is 3. The molecule has 0 fully saturated rings. The highest BCUT2D eigenvalue weighted by atomic mass is 35.5. The van der Waals surface area contributed by atoms with Crippen LogP contribution < -0.4 is 0 Å². The number of hydrogen-bond donors (Lipinski definition) is 0. The molecule has 1 unspecified atom stereocenters. The number of furan rings is 1. The molecule has 6 rings (SSSR count). The van der Waals surface area contributed by atoms with Crippen LogP contribution in [0.5, 0.6) is 0 Å². The molecule has 0 aliphatic heterocycles. The lowest BCUT2D eigenvalue weighted by atomic mass is 10.0. The first-order valence-corrected chi connectivity index (χ1v) is 11.9. The largest absolute Gasteiger partial charge is 0.459 e. The molecule has 4 nitrogen and oxygen atoms in total. The minimum atomic E-state index is -0.249. The number of rotatable bonds is 3. The van der Waals surface area contributed by atoms with Crippen LogP contribution in [0.4, 0.5) is 0 Å². The van der Waals surface area contributed by atoms with Crippen molar-refractivity contribution < 1.29 is 4.42 Å². The number of benzene rings is 3. The van der Waals surface area contributed by atoms with Gasteiger partial charge in [-0.1, -0.05) is 84.4 Å². The van der Waals surface area contributed by atoms with Gasteiger partial charge < -0.3 is 4.42 Å². The smallest absolute Gasteiger partial charge is 0.164 e. The van der Waals surface area contributed by atoms with Crippen LogP contribution in [0, 0.1) is 0 Å². The minimum absolute atomic E-state index is 0.249. The highest BCUT2D eigenvalue weighted by molar-refractivity contribution is 6.32. The molecule has 3 aromatic carbocycles. The second-order valence-corrected chi connectivity index (χ2v) is 9.21. The lowest BCUT2D eigenvalue weighted by Gasteiger charge is -2.09. The van der Waals surface area contributed by atoms with E-state index in [0.29, 0.717) is 23.9 Å². The predicted molar refractivity (Wildman–Crippen MR) is 138 cm³/mol. The molecule has 2 heterocycles. The Kier molecular flexibility index (Phi) is 5.40. The number of fused-ring (bicyclic) bond motifs is 3. The third-order valence-corrected chi connectivity index (χ3v) is 6.66. The summed E-state index contributed by atoms with van der Waals surface area (Å²) in [6.07, 6.45) is 3.40. The molecule has 6 heteroatoms. The average Bonchev–Trinajstić information content (AvgIpc) is 3.20. The number of alkyl halides is 1. The molecular weight excluding hydrogens is 465 g/mol. The molecular formula is C28H19Cl2N3O. The summed E-state index contributed by atoms with van der Waals surface area (Å²) in [4.78, 5) is 14.6. The van der Waals surface area contributed by atoms with Crippen LogP contribution in [0.25, 0.3) is 51.2 Å². The summed E-state index contributed by atoms with van der Waals surface area (Å²) in [5.41, 5.74) is 4.33.